The van der Waals surface area contributed by atoms with E-state index in [9.17, 15) is 4.21 Å². The molecule has 0 saturated carbocycles. The molecule has 1 aromatic rings. The molecule has 0 aromatic carbocycles. The first kappa shape index (κ1) is 13.3. The lowest BCUT2D eigenvalue weighted by Gasteiger charge is -2.18. The third-order valence-electron chi connectivity index (χ3n) is 2.96. The number of nitrogens with one attached hydrogen (secondary N) is 1. The van der Waals surface area contributed by atoms with Gasteiger partial charge in [-0.15, -0.1) is 0 Å². The third kappa shape index (κ3) is 3.66. The smallest absolute Gasteiger partial charge is 0.134 e. The van der Waals surface area contributed by atoms with E-state index in [1.54, 1.807) is 12.6 Å². The van der Waals surface area contributed by atoms with E-state index in [-0.39, 0.29) is 6.04 Å². The first-order valence-electron chi connectivity index (χ1n) is 6.28. The molecule has 2 atom stereocenters. The number of rotatable bonds is 5. The monoisotopic (exact) mass is 268 g/mol. The Kier molecular flexibility index (Phi) is 4.52. The molecule has 1 N–H and O–H groups in total. The fourth-order valence-corrected chi connectivity index (χ4v) is 2.98. The molecule has 0 amide bonds. The third-order valence-corrected chi connectivity index (χ3v) is 3.93. The summed E-state index contributed by atoms with van der Waals surface area (Å²) in [7, 11) is -0.793. The second-order valence-electron chi connectivity index (χ2n) is 4.74. The zero-order valence-corrected chi connectivity index (χ0v) is 11.7. The van der Waals surface area contributed by atoms with Crippen LogP contribution < -0.4 is 10.2 Å². The van der Waals surface area contributed by atoms with Crippen LogP contribution in [0.5, 0.6) is 0 Å². The van der Waals surface area contributed by atoms with Crippen molar-refractivity contribution in [2.24, 2.45) is 0 Å². The van der Waals surface area contributed by atoms with Gasteiger partial charge in [-0.3, -0.25) is 4.21 Å². The van der Waals surface area contributed by atoms with Gasteiger partial charge in [-0.25, -0.2) is 9.97 Å². The van der Waals surface area contributed by atoms with Crippen LogP contribution >= 0.6 is 0 Å². The lowest BCUT2D eigenvalue weighted by molar-refractivity contribution is 0.683. The van der Waals surface area contributed by atoms with E-state index in [1.165, 1.54) is 12.8 Å². The fraction of sp³-hybridized carbons (Fsp3) is 0.667. The Morgan fingerprint density at radius 3 is 2.83 bits per heavy atom. The maximum atomic E-state index is 11.2. The summed E-state index contributed by atoms with van der Waals surface area (Å²) in [6.45, 7) is 4.16. The van der Waals surface area contributed by atoms with Gasteiger partial charge in [0.05, 0.1) is 0 Å². The maximum absolute atomic E-state index is 11.2. The van der Waals surface area contributed by atoms with Crippen LogP contribution in [-0.4, -0.2) is 45.3 Å². The number of anilines is 2. The summed E-state index contributed by atoms with van der Waals surface area (Å²) in [5.41, 5.74) is 0. The van der Waals surface area contributed by atoms with Crippen LogP contribution in [0.3, 0.4) is 0 Å². The highest BCUT2D eigenvalue weighted by Crippen LogP contribution is 2.19. The summed E-state index contributed by atoms with van der Waals surface area (Å²) in [6, 6.07) is 2.12. The Morgan fingerprint density at radius 2 is 2.17 bits per heavy atom. The zero-order chi connectivity index (χ0) is 13.0. The largest absolute Gasteiger partial charge is 0.367 e. The van der Waals surface area contributed by atoms with Gasteiger partial charge in [-0.1, -0.05) is 0 Å². The molecule has 2 heterocycles. The van der Waals surface area contributed by atoms with Crippen LogP contribution in [0.15, 0.2) is 12.4 Å². The summed E-state index contributed by atoms with van der Waals surface area (Å²) >= 11 is 0. The van der Waals surface area contributed by atoms with Crippen LogP contribution in [0.2, 0.25) is 0 Å². The van der Waals surface area contributed by atoms with Gasteiger partial charge in [0.15, 0.2) is 0 Å². The molecule has 1 aliphatic heterocycles. The van der Waals surface area contributed by atoms with E-state index < -0.39 is 10.8 Å². The van der Waals surface area contributed by atoms with Crippen LogP contribution in [0.4, 0.5) is 11.6 Å². The molecule has 0 radical (unpaired) electrons. The molecule has 2 unspecified atom stereocenters. The van der Waals surface area contributed by atoms with Gasteiger partial charge in [0, 0.05) is 48.0 Å². The number of aromatic nitrogens is 2. The summed E-state index contributed by atoms with van der Waals surface area (Å²) in [5.74, 6) is 2.42. The molecule has 1 aromatic heterocycles. The molecule has 1 saturated heterocycles. The van der Waals surface area contributed by atoms with Crippen LogP contribution in [0.25, 0.3) is 0 Å². The van der Waals surface area contributed by atoms with Crippen molar-refractivity contribution < 1.29 is 4.21 Å². The van der Waals surface area contributed by atoms with Crippen molar-refractivity contribution in [3.63, 3.8) is 0 Å². The molecule has 0 aliphatic carbocycles. The van der Waals surface area contributed by atoms with Gasteiger partial charge in [0.25, 0.3) is 0 Å². The van der Waals surface area contributed by atoms with Crippen LogP contribution in [0, 0.1) is 0 Å². The molecule has 5 nitrogen and oxygen atoms in total. The van der Waals surface area contributed by atoms with Crippen molar-refractivity contribution in [2.75, 3.05) is 35.3 Å². The number of hydrogen-bond acceptors (Lipinski definition) is 5. The van der Waals surface area contributed by atoms with Gasteiger partial charge in [-0.2, -0.15) is 0 Å². The van der Waals surface area contributed by atoms with Crippen LogP contribution in [0.1, 0.15) is 19.8 Å². The normalized spacial score (nSPS) is 18.7. The Morgan fingerprint density at radius 1 is 1.44 bits per heavy atom. The van der Waals surface area contributed by atoms with Crippen LogP contribution in [-0.2, 0) is 10.8 Å². The molecule has 0 bridgehead atoms. The minimum Gasteiger partial charge on any atom is -0.367 e. The van der Waals surface area contributed by atoms with Crippen molar-refractivity contribution >= 4 is 22.4 Å². The summed E-state index contributed by atoms with van der Waals surface area (Å²) in [4.78, 5) is 10.8. The summed E-state index contributed by atoms with van der Waals surface area (Å²) < 4.78 is 11.2. The van der Waals surface area contributed by atoms with Gasteiger partial charge >= 0.3 is 0 Å². The van der Waals surface area contributed by atoms with Gasteiger partial charge < -0.3 is 10.2 Å². The van der Waals surface area contributed by atoms with E-state index in [1.807, 2.05) is 13.0 Å². The topological polar surface area (TPSA) is 58.1 Å². The number of hydrogen-bond donors (Lipinski definition) is 1. The lowest BCUT2D eigenvalue weighted by atomic mass is 10.4. The standard InChI is InChI=1S/C12H20N4OS/c1-10(8-18(2)17)15-11-7-12(14-9-13-11)16-5-3-4-6-16/h7,9-10H,3-6,8H2,1-2H3,(H,13,14,15). The van der Waals surface area contributed by atoms with Crippen molar-refractivity contribution in [1.29, 1.82) is 0 Å². The molecule has 6 heteroatoms. The molecule has 2 rings (SSSR count). The van der Waals surface area contributed by atoms with Crippen molar-refractivity contribution in [3.8, 4) is 0 Å². The van der Waals surface area contributed by atoms with Gasteiger partial charge in [0.2, 0.25) is 0 Å². The minimum absolute atomic E-state index is 0.150. The second kappa shape index (κ2) is 6.13. The lowest BCUT2D eigenvalue weighted by Crippen LogP contribution is -2.24. The summed E-state index contributed by atoms with van der Waals surface area (Å²) in [5, 5.41) is 3.27. The number of nitrogens with zero attached hydrogens (tertiary/aromatic N) is 3. The molecular formula is C12H20N4OS. The van der Waals surface area contributed by atoms with E-state index >= 15 is 0 Å². The van der Waals surface area contributed by atoms with E-state index in [0.717, 1.165) is 24.7 Å². The Labute approximate surface area is 110 Å². The predicted molar refractivity (Wildman–Crippen MR) is 75.5 cm³/mol. The molecule has 0 spiro atoms. The molecule has 18 heavy (non-hydrogen) atoms. The molecular weight excluding hydrogens is 248 g/mol. The maximum Gasteiger partial charge on any atom is 0.134 e. The average Bonchev–Trinajstić information content (AvgIpc) is 2.81. The highest BCUT2D eigenvalue weighted by atomic mass is 32.2. The molecule has 1 fully saturated rings. The first-order valence-corrected chi connectivity index (χ1v) is 8.01. The Balaban J connectivity index is 2.00. The highest BCUT2D eigenvalue weighted by Gasteiger charge is 2.14. The van der Waals surface area contributed by atoms with Crippen molar-refractivity contribution in [1.82, 2.24) is 9.97 Å². The van der Waals surface area contributed by atoms with Crippen molar-refractivity contribution in [3.05, 3.63) is 12.4 Å². The average molecular weight is 268 g/mol. The van der Waals surface area contributed by atoms with Gasteiger partial charge in [0.1, 0.15) is 18.0 Å². The summed E-state index contributed by atoms with van der Waals surface area (Å²) in [6.07, 6.45) is 5.77. The predicted octanol–water partition coefficient (Wildman–Crippen LogP) is 1.26. The zero-order valence-electron chi connectivity index (χ0n) is 10.9. The molecule has 100 valence electrons. The van der Waals surface area contributed by atoms with Gasteiger partial charge in [-0.05, 0) is 19.8 Å². The Bertz CT molecular complexity index is 420. The highest BCUT2D eigenvalue weighted by molar-refractivity contribution is 7.84. The van der Waals surface area contributed by atoms with E-state index in [0.29, 0.717) is 5.75 Å². The van der Waals surface area contributed by atoms with E-state index in [2.05, 4.69) is 20.2 Å². The SMILES string of the molecule is CC(CS(C)=O)Nc1cc(N2CCCC2)ncn1. The first-order chi connectivity index (χ1) is 8.65. The second-order valence-corrected chi connectivity index (χ2v) is 6.22. The van der Waals surface area contributed by atoms with E-state index in [4.69, 9.17) is 0 Å². The molecule has 1 aliphatic rings. The fourth-order valence-electron chi connectivity index (χ4n) is 2.19. The van der Waals surface area contributed by atoms with Crippen molar-refractivity contribution in [2.45, 2.75) is 25.8 Å². The Hall–Kier alpha value is -1.17. The quantitative estimate of drug-likeness (QED) is 0.871. The minimum atomic E-state index is -0.793.